The second-order valence-corrected chi connectivity index (χ2v) is 42.6. The molecular weight excluding hydrogens is 1770 g/mol. The van der Waals surface area contributed by atoms with E-state index in [0.29, 0.717) is 101 Å². The van der Waals surface area contributed by atoms with E-state index in [4.69, 9.17) is 49.0 Å². The van der Waals surface area contributed by atoms with E-state index in [1.807, 2.05) is 76.6 Å². The number of para-hydroxylation sites is 3. The van der Waals surface area contributed by atoms with Crippen molar-refractivity contribution >= 4 is 156 Å². The fourth-order valence-electron chi connectivity index (χ4n) is 16.0. The summed E-state index contributed by atoms with van der Waals surface area (Å²) in [6.45, 7) is 28.6. The van der Waals surface area contributed by atoms with Gasteiger partial charge in [-0.1, -0.05) is 71.2 Å². The zero-order chi connectivity index (χ0) is 92.7. The number of aliphatic hydroxyl groups is 2. The van der Waals surface area contributed by atoms with Crippen molar-refractivity contribution in [2.45, 2.75) is 196 Å². The van der Waals surface area contributed by atoms with Gasteiger partial charge in [-0.05, 0) is 230 Å². The minimum absolute atomic E-state index is 0.0441. The number of aliphatic hydroxyl groups excluding tert-OH is 2. The van der Waals surface area contributed by atoms with Gasteiger partial charge in [-0.3, -0.25) is 24.2 Å². The highest BCUT2D eigenvalue weighted by Crippen LogP contribution is 2.43. The Bertz CT molecular complexity index is 5990. The van der Waals surface area contributed by atoms with E-state index in [9.17, 15) is 49.9 Å². The maximum Gasteiger partial charge on any atom is 0.256 e. The third kappa shape index (κ3) is 22.4. The lowest BCUT2D eigenvalue weighted by molar-refractivity contribution is 0.0537. The number of amides is 2. The van der Waals surface area contributed by atoms with Gasteiger partial charge in [0.1, 0.15) is 32.3 Å². The van der Waals surface area contributed by atoms with Gasteiger partial charge in [-0.2, -0.15) is 15.0 Å². The third-order valence-electron chi connectivity index (χ3n) is 22.5. The number of pyridine rings is 1. The third-order valence-corrected chi connectivity index (χ3v) is 30.0. The number of likely N-dealkylation sites (N-methyl/N-ethyl adjacent to an activating group) is 1. The van der Waals surface area contributed by atoms with Crippen LogP contribution >= 0.6 is 34.8 Å². The number of aromatic nitrogens is 7. The van der Waals surface area contributed by atoms with Crippen molar-refractivity contribution in [3.8, 4) is 17.2 Å². The standard InChI is InChI=1S/2C31H39ClN6O5S.C29H33ClN6O4S/c2*1-19(2)43-27-14-21-17-38(22-8-7-11-37(18-22)12-13-39)30(40)23(21)15-26(27)35-31-33-16-24(32)29(36-31)34-25-9-5-6-10-28(25)44(41,42)20(3)4;1-16(2)40-25-13-19-18-10-11-36(5)15-24(18)33-28(37)20(19)12-23(25)34-29-31-14-21(30)27(35-29)32-22-8-6-7-9-26(22)41(38,39)17(3)4/h2*5-6,9-10,14-16,19-20,22,39H,7-8,11-13,17-18H2,1-4H3,(H2,33,34,35,36);6-9,12-14,16-17H,10-11,15H2,1-5H3,(H,33,37)(H2,31,32,34,35)/t22-;;/m0../s1. The highest BCUT2D eigenvalue weighted by molar-refractivity contribution is 7.92. The Kier molecular flexibility index (Phi) is 30.7. The van der Waals surface area contributed by atoms with Crippen molar-refractivity contribution in [2.24, 2.45) is 0 Å². The van der Waals surface area contributed by atoms with Crippen molar-refractivity contribution in [3.63, 3.8) is 0 Å². The Hall–Kier alpha value is -10.6. The Morgan fingerprint density at radius 2 is 0.814 bits per heavy atom. The zero-order valence-electron chi connectivity index (χ0n) is 74.3. The van der Waals surface area contributed by atoms with Gasteiger partial charge in [0.2, 0.25) is 17.8 Å². The number of benzene rings is 6. The maximum atomic E-state index is 13.6. The summed E-state index contributed by atoms with van der Waals surface area (Å²) >= 11 is 19.3. The largest absolute Gasteiger partial charge is 0.489 e. The molecule has 5 aliphatic rings. The number of nitrogens with zero attached hydrogens (tertiary/aromatic N) is 11. The van der Waals surface area contributed by atoms with E-state index < -0.39 is 45.3 Å². The van der Waals surface area contributed by atoms with Crippen LogP contribution < -0.4 is 51.7 Å². The molecule has 0 aliphatic carbocycles. The molecule has 9 heterocycles. The average molecular weight is 1880 g/mol. The zero-order valence-corrected chi connectivity index (χ0v) is 79.1. The molecular formula is C91H111Cl3N18O14S3. The van der Waals surface area contributed by atoms with Gasteiger partial charge >= 0.3 is 0 Å². The number of anilines is 12. The predicted molar refractivity (Wildman–Crippen MR) is 505 cm³/mol. The van der Waals surface area contributed by atoms with Crippen LogP contribution in [0.5, 0.6) is 17.2 Å². The number of carbonyl (C=O) groups excluding carboxylic acids is 2. The molecule has 129 heavy (non-hydrogen) atoms. The van der Waals surface area contributed by atoms with Gasteiger partial charge in [0.05, 0.1) is 115 Å². The van der Waals surface area contributed by atoms with E-state index in [2.05, 4.69) is 81.5 Å². The van der Waals surface area contributed by atoms with Gasteiger partial charge in [0.25, 0.3) is 17.4 Å². The molecule has 0 radical (unpaired) electrons. The normalized spacial score (nSPS) is 16.2. The van der Waals surface area contributed by atoms with E-state index in [1.54, 1.807) is 133 Å². The first kappa shape index (κ1) is 96.0. The quantitative estimate of drug-likeness (QED) is 0.0202. The monoisotopic (exact) mass is 1880 g/mol. The van der Waals surface area contributed by atoms with Gasteiger partial charge in [-0.25, -0.2) is 40.2 Å². The molecule has 6 aromatic carbocycles. The summed E-state index contributed by atoms with van der Waals surface area (Å²) in [5, 5.41) is 37.7. The summed E-state index contributed by atoms with van der Waals surface area (Å²) in [6.07, 6.45) is 8.46. The number of ether oxygens (including phenoxy) is 3. The summed E-state index contributed by atoms with van der Waals surface area (Å²) in [4.78, 5) is 80.9. The number of β-amino-alcohol motifs (C(OH)–C–C–N with tert-alkyl or cyclic N) is 2. The lowest BCUT2D eigenvalue weighted by Crippen LogP contribution is -2.48. The number of fused-ring (bicyclic) bond motifs is 5. The number of halogens is 3. The van der Waals surface area contributed by atoms with Crippen LogP contribution in [0.25, 0.3) is 10.8 Å². The van der Waals surface area contributed by atoms with E-state index in [1.165, 1.54) is 18.6 Å². The summed E-state index contributed by atoms with van der Waals surface area (Å²) in [6, 6.07) is 30.9. The number of hydrogen-bond donors (Lipinski definition) is 9. The van der Waals surface area contributed by atoms with Crippen molar-refractivity contribution < 1.29 is 59.3 Å². The number of piperidine rings is 2. The lowest BCUT2D eigenvalue weighted by Gasteiger charge is -2.37. The van der Waals surface area contributed by atoms with Crippen LogP contribution in [-0.4, -0.2) is 219 Å². The summed E-state index contributed by atoms with van der Waals surface area (Å²) in [5.74, 6) is 2.79. The van der Waals surface area contributed by atoms with Crippen LogP contribution in [-0.2, 0) is 55.6 Å². The van der Waals surface area contributed by atoms with Crippen LogP contribution in [0.15, 0.2) is 147 Å². The molecule has 0 bridgehead atoms. The molecule has 688 valence electrons. The van der Waals surface area contributed by atoms with Crippen LogP contribution in [0.1, 0.15) is 152 Å². The van der Waals surface area contributed by atoms with Gasteiger partial charge in [-0.15, -0.1) is 0 Å². The first-order valence-corrected chi connectivity index (χ1v) is 48.9. The molecule has 10 aromatic rings. The number of H-pyrrole nitrogens is 1. The smallest absolute Gasteiger partial charge is 0.256 e. The molecule has 2 fully saturated rings. The fourth-order valence-corrected chi connectivity index (χ4v) is 20.0. The number of nitrogens with one attached hydrogen (secondary N) is 7. The molecule has 38 heteroatoms. The average Bonchev–Trinajstić information content (AvgIpc) is 1.28. The van der Waals surface area contributed by atoms with Crippen molar-refractivity contribution in [3.05, 3.63) is 187 Å². The predicted octanol–water partition coefficient (Wildman–Crippen LogP) is 15.4. The maximum absolute atomic E-state index is 13.6. The minimum atomic E-state index is -3.58. The van der Waals surface area contributed by atoms with Crippen molar-refractivity contribution in [1.82, 2.24) is 59.4 Å². The summed E-state index contributed by atoms with van der Waals surface area (Å²) in [5.41, 5.74) is 7.40. The number of carbonyl (C=O) groups is 2. The Morgan fingerprint density at radius 3 is 1.17 bits per heavy atom. The molecule has 32 nitrogen and oxygen atoms in total. The first-order chi connectivity index (χ1) is 61.4. The number of rotatable bonds is 30. The minimum Gasteiger partial charge on any atom is -0.489 e. The van der Waals surface area contributed by atoms with Crippen LogP contribution in [0.4, 0.5) is 69.4 Å². The van der Waals surface area contributed by atoms with E-state index in [-0.39, 0.29) is 126 Å². The highest BCUT2D eigenvalue weighted by atomic mass is 35.5. The Morgan fingerprint density at radius 1 is 0.457 bits per heavy atom. The molecule has 1 unspecified atom stereocenters. The number of likely N-dealkylation sites (tertiary alicyclic amines) is 2. The number of aromatic amines is 1. The van der Waals surface area contributed by atoms with Gasteiger partial charge in [0.15, 0.2) is 47.0 Å². The lowest BCUT2D eigenvalue weighted by atomic mass is 9.97. The number of sulfone groups is 3. The second-order valence-electron chi connectivity index (χ2n) is 34.0. The van der Waals surface area contributed by atoms with Crippen LogP contribution in [0.3, 0.4) is 0 Å². The molecule has 0 saturated carbocycles. The van der Waals surface area contributed by atoms with E-state index in [0.717, 1.165) is 92.6 Å². The van der Waals surface area contributed by atoms with Crippen LogP contribution in [0.2, 0.25) is 15.1 Å². The van der Waals surface area contributed by atoms with Crippen molar-refractivity contribution in [2.75, 3.05) is 98.0 Å². The van der Waals surface area contributed by atoms with E-state index >= 15 is 0 Å². The first-order valence-electron chi connectivity index (χ1n) is 43.1. The molecule has 15 rings (SSSR count). The fraction of sp³-hybridized carbons (Fsp3) is 0.418. The molecule has 5 aliphatic heterocycles. The van der Waals surface area contributed by atoms with Crippen LogP contribution in [0, 0.1) is 0 Å². The van der Waals surface area contributed by atoms with Crippen molar-refractivity contribution in [1.29, 1.82) is 0 Å². The molecule has 2 amide bonds. The SMILES string of the molecule is CC(C)Oc1cc2c(cc1Nc1ncc(Cl)c(Nc3ccccc3S(=O)(=O)C(C)C)n1)C(=O)N(C1CCCN(CCO)C1)C2.CC(C)Oc1cc2c(cc1Nc1ncc(Cl)c(Nc3ccccc3S(=O)(=O)C(C)C)n1)C(=O)N([C@H]1CCCN(CCO)C1)C2.CC(C)Oc1cc2c3c([nH]c(=O)c2cc1Nc1ncc(Cl)c(Nc2ccccc2S(=O)(=O)C(C)C)n1)CN(C)CC3. The Balaban J connectivity index is 0.000000165. The van der Waals surface area contributed by atoms with Gasteiger partial charge in [0, 0.05) is 86.6 Å². The topological polar surface area (TPSA) is 403 Å². The molecule has 2 saturated heterocycles. The number of hydrogen-bond acceptors (Lipinski definition) is 29. The second kappa shape index (κ2) is 41.3. The van der Waals surface area contributed by atoms with Gasteiger partial charge < -0.3 is 76.0 Å². The Labute approximate surface area is 767 Å². The molecule has 0 spiro atoms. The molecule has 9 N–H and O–H groups in total. The summed E-state index contributed by atoms with van der Waals surface area (Å²) < 4.78 is 96.2. The highest BCUT2D eigenvalue weighted by Gasteiger charge is 2.39. The summed E-state index contributed by atoms with van der Waals surface area (Å²) in [7, 11) is -8.69. The molecule has 4 aromatic heterocycles. The molecule has 2 atom stereocenters.